The average Bonchev–Trinajstić information content (AvgIpc) is 2.61. The summed E-state index contributed by atoms with van der Waals surface area (Å²) in [6.07, 6.45) is 0. The lowest BCUT2D eigenvalue weighted by Crippen LogP contribution is -2.53. The van der Waals surface area contributed by atoms with Crippen molar-refractivity contribution < 1.29 is 14.3 Å². The monoisotopic (exact) mass is 371 g/mol. The molecule has 1 aliphatic rings. The van der Waals surface area contributed by atoms with Gasteiger partial charge in [0.25, 0.3) is 0 Å². The second-order valence-corrected chi connectivity index (χ2v) is 6.12. The van der Waals surface area contributed by atoms with E-state index in [-0.39, 0.29) is 18.3 Å². The first kappa shape index (κ1) is 21.5. The Bertz CT molecular complexity index is 556. The van der Waals surface area contributed by atoms with Crippen LogP contribution < -0.4 is 14.8 Å². The highest BCUT2D eigenvalue weighted by molar-refractivity contribution is 5.85. The summed E-state index contributed by atoms with van der Waals surface area (Å²) in [4.78, 5) is 16.8. The molecular weight excluding hydrogens is 342 g/mol. The van der Waals surface area contributed by atoms with E-state index >= 15 is 0 Å². The molecule has 142 valence electrons. The molecule has 0 radical (unpaired) electrons. The minimum Gasteiger partial charge on any atom is -0.493 e. The molecule has 1 N–H and O–H groups in total. The van der Waals surface area contributed by atoms with E-state index in [1.807, 2.05) is 30.0 Å². The molecule has 7 heteroatoms. The summed E-state index contributed by atoms with van der Waals surface area (Å²) in [6.45, 7) is 8.72. The van der Waals surface area contributed by atoms with Crippen LogP contribution in [0, 0.1) is 0 Å². The third-order valence-corrected chi connectivity index (χ3v) is 4.53. The molecule has 0 unspecified atom stereocenters. The fourth-order valence-electron chi connectivity index (χ4n) is 2.97. The molecule has 0 aromatic heterocycles. The van der Waals surface area contributed by atoms with E-state index in [1.165, 1.54) is 0 Å². The Morgan fingerprint density at radius 1 is 1.32 bits per heavy atom. The van der Waals surface area contributed by atoms with Gasteiger partial charge < -0.3 is 19.7 Å². The molecule has 1 saturated heterocycles. The van der Waals surface area contributed by atoms with Crippen molar-refractivity contribution in [1.29, 1.82) is 0 Å². The van der Waals surface area contributed by atoms with Crippen LogP contribution in [0.15, 0.2) is 18.2 Å². The SMILES string of the molecule is CCN(Cc1ccc(OC)c(OC)c1)C(=O)CN1CCNC[C@@H]1C.Cl. The lowest BCUT2D eigenvalue weighted by atomic mass is 10.1. The second kappa shape index (κ2) is 10.5. The zero-order chi connectivity index (χ0) is 17.5. The smallest absolute Gasteiger partial charge is 0.237 e. The molecule has 1 aliphatic heterocycles. The van der Waals surface area contributed by atoms with Crippen LogP contribution >= 0.6 is 12.4 Å². The molecule has 1 aromatic rings. The van der Waals surface area contributed by atoms with E-state index in [9.17, 15) is 4.79 Å². The van der Waals surface area contributed by atoms with E-state index < -0.39 is 0 Å². The highest BCUT2D eigenvalue weighted by Gasteiger charge is 2.23. The normalized spacial score (nSPS) is 17.5. The molecule has 2 rings (SSSR count). The van der Waals surface area contributed by atoms with Gasteiger partial charge in [0.15, 0.2) is 11.5 Å². The maximum Gasteiger partial charge on any atom is 0.237 e. The Hall–Kier alpha value is -1.50. The first-order chi connectivity index (χ1) is 11.6. The Balaban J connectivity index is 0.00000312. The highest BCUT2D eigenvalue weighted by atomic mass is 35.5. The van der Waals surface area contributed by atoms with E-state index in [2.05, 4.69) is 17.1 Å². The highest BCUT2D eigenvalue weighted by Crippen LogP contribution is 2.28. The number of methoxy groups -OCH3 is 2. The standard InChI is InChI=1S/C18H29N3O3.ClH/c1-5-20(18(22)13-21-9-8-19-11-14(21)2)12-15-6-7-16(23-3)17(10-15)24-4;/h6-7,10,14,19H,5,8-9,11-13H2,1-4H3;1H/t14-;/m0./s1. The number of carbonyl (C=O) groups is 1. The van der Waals surface area contributed by atoms with E-state index in [0.29, 0.717) is 37.2 Å². The number of hydrogen-bond acceptors (Lipinski definition) is 5. The number of hydrogen-bond donors (Lipinski definition) is 1. The Labute approximate surface area is 156 Å². The number of benzene rings is 1. The molecule has 1 fully saturated rings. The van der Waals surface area contributed by atoms with E-state index in [1.54, 1.807) is 14.2 Å². The summed E-state index contributed by atoms with van der Waals surface area (Å²) in [6, 6.07) is 6.18. The first-order valence-electron chi connectivity index (χ1n) is 8.52. The van der Waals surface area contributed by atoms with Gasteiger partial charge in [0, 0.05) is 38.8 Å². The molecule has 0 saturated carbocycles. The van der Waals surface area contributed by atoms with Crippen LogP contribution in [0.5, 0.6) is 11.5 Å². The van der Waals surface area contributed by atoms with Gasteiger partial charge in [-0.15, -0.1) is 12.4 Å². The van der Waals surface area contributed by atoms with Gasteiger partial charge >= 0.3 is 0 Å². The van der Waals surface area contributed by atoms with Crippen molar-refractivity contribution >= 4 is 18.3 Å². The van der Waals surface area contributed by atoms with Crippen molar-refractivity contribution in [3.63, 3.8) is 0 Å². The number of likely N-dealkylation sites (N-methyl/N-ethyl adjacent to an activating group) is 1. The van der Waals surface area contributed by atoms with Crippen molar-refractivity contribution in [2.24, 2.45) is 0 Å². The molecule has 1 heterocycles. The van der Waals surface area contributed by atoms with Crippen LogP contribution in [-0.2, 0) is 11.3 Å². The number of piperazine rings is 1. The van der Waals surface area contributed by atoms with Gasteiger partial charge in [0.05, 0.1) is 20.8 Å². The van der Waals surface area contributed by atoms with Gasteiger partial charge in [-0.2, -0.15) is 0 Å². The average molecular weight is 372 g/mol. The zero-order valence-corrected chi connectivity index (χ0v) is 16.4. The lowest BCUT2D eigenvalue weighted by molar-refractivity contribution is -0.133. The zero-order valence-electron chi connectivity index (χ0n) is 15.6. The number of carbonyl (C=O) groups excluding carboxylic acids is 1. The molecule has 1 atom stereocenters. The van der Waals surface area contributed by atoms with Gasteiger partial charge in [0.1, 0.15) is 0 Å². The first-order valence-corrected chi connectivity index (χ1v) is 8.52. The largest absolute Gasteiger partial charge is 0.493 e. The summed E-state index contributed by atoms with van der Waals surface area (Å²) in [5.41, 5.74) is 1.04. The van der Waals surface area contributed by atoms with Crippen LogP contribution in [0.1, 0.15) is 19.4 Å². The fourth-order valence-corrected chi connectivity index (χ4v) is 2.97. The number of halogens is 1. The van der Waals surface area contributed by atoms with Gasteiger partial charge in [0.2, 0.25) is 5.91 Å². The summed E-state index contributed by atoms with van der Waals surface area (Å²) >= 11 is 0. The number of nitrogens with zero attached hydrogens (tertiary/aromatic N) is 2. The Morgan fingerprint density at radius 3 is 2.64 bits per heavy atom. The molecule has 25 heavy (non-hydrogen) atoms. The van der Waals surface area contributed by atoms with Crippen molar-refractivity contribution in [3.8, 4) is 11.5 Å². The molecule has 1 amide bonds. The van der Waals surface area contributed by atoms with Gasteiger partial charge in [-0.3, -0.25) is 9.69 Å². The quantitative estimate of drug-likeness (QED) is 0.791. The topological polar surface area (TPSA) is 54.0 Å². The summed E-state index contributed by atoms with van der Waals surface area (Å²) in [5.74, 6) is 1.56. The maximum atomic E-state index is 12.7. The van der Waals surface area contributed by atoms with Crippen LogP contribution in [0.2, 0.25) is 0 Å². The van der Waals surface area contributed by atoms with Gasteiger partial charge in [-0.05, 0) is 31.5 Å². The number of rotatable bonds is 7. The third kappa shape index (κ3) is 5.76. The summed E-state index contributed by atoms with van der Waals surface area (Å²) in [5, 5.41) is 3.35. The summed E-state index contributed by atoms with van der Waals surface area (Å²) < 4.78 is 10.6. The molecule has 0 spiro atoms. The van der Waals surface area contributed by atoms with Crippen LogP contribution in [0.4, 0.5) is 0 Å². The minimum atomic E-state index is 0. The third-order valence-electron chi connectivity index (χ3n) is 4.53. The van der Waals surface area contributed by atoms with Crippen molar-refractivity contribution in [1.82, 2.24) is 15.1 Å². The fraction of sp³-hybridized carbons (Fsp3) is 0.611. The number of amides is 1. The minimum absolute atomic E-state index is 0. The number of nitrogens with one attached hydrogen (secondary N) is 1. The van der Waals surface area contributed by atoms with Crippen molar-refractivity contribution in [2.45, 2.75) is 26.4 Å². The second-order valence-electron chi connectivity index (χ2n) is 6.12. The lowest BCUT2D eigenvalue weighted by Gasteiger charge is -2.34. The predicted octanol–water partition coefficient (Wildman–Crippen LogP) is 1.77. The van der Waals surface area contributed by atoms with Crippen molar-refractivity contribution in [3.05, 3.63) is 23.8 Å². The summed E-state index contributed by atoms with van der Waals surface area (Å²) in [7, 11) is 3.24. The van der Waals surface area contributed by atoms with E-state index in [0.717, 1.165) is 25.2 Å². The Kier molecular flexibility index (Phi) is 9.03. The molecule has 0 bridgehead atoms. The molecule has 6 nitrogen and oxygen atoms in total. The molecule has 1 aromatic carbocycles. The Morgan fingerprint density at radius 2 is 2.04 bits per heavy atom. The van der Waals surface area contributed by atoms with Crippen LogP contribution in [0.25, 0.3) is 0 Å². The van der Waals surface area contributed by atoms with Crippen molar-refractivity contribution in [2.75, 3.05) is 46.9 Å². The predicted molar refractivity (Wildman–Crippen MR) is 102 cm³/mol. The maximum absolute atomic E-state index is 12.7. The van der Waals surface area contributed by atoms with Crippen LogP contribution in [-0.4, -0.2) is 68.7 Å². The van der Waals surface area contributed by atoms with Gasteiger partial charge in [-0.1, -0.05) is 6.07 Å². The van der Waals surface area contributed by atoms with Gasteiger partial charge in [-0.25, -0.2) is 0 Å². The molecular formula is C18H30ClN3O3. The van der Waals surface area contributed by atoms with E-state index in [4.69, 9.17) is 9.47 Å². The number of ether oxygens (including phenoxy) is 2. The van der Waals surface area contributed by atoms with Crippen LogP contribution in [0.3, 0.4) is 0 Å². The molecule has 0 aliphatic carbocycles.